The number of nitrogens with two attached hydrogens (primary N) is 1. The van der Waals surface area contributed by atoms with Crippen LogP contribution in [-0.2, 0) is 0 Å². The van der Waals surface area contributed by atoms with E-state index in [1.165, 1.54) is 0 Å². The molecule has 0 atom stereocenters. The first-order valence-corrected chi connectivity index (χ1v) is 4.65. The first-order chi connectivity index (χ1) is 6.52. The van der Waals surface area contributed by atoms with Gasteiger partial charge < -0.3 is 11.1 Å². The number of aryl methyl sites for hydroxylation is 1. The summed E-state index contributed by atoms with van der Waals surface area (Å²) in [7, 11) is 0. The third-order valence-corrected chi connectivity index (χ3v) is 2.62. The van der Waals surface area contributed by atoms with Crippen molar-refractivity contribution in [1.29, 1.82) is 0 Å². The molecule has 1 aromatic heterocycles. The van der Waals surface area contributed by atoms with Gasteiger partial charge in [-0.25, -0.2) is 0 Å². The number of nitrogens with zero attached hydrogens (tertiary/aromatic N) is 1. The maximum absolute atomic E-state index is 11.7. The van der Waals surface area contributed by atoms with Gasteiger partial charge in [0.15, 0.2) is 5.69 Å². The van der Waals surface area contributed by atoms with Crippen molar-refractivity contribution >= 4 is 11.6 Å². The minimum Gasteiger partial charge on any atom is -0.395 e. The molecule has 4 N–H and O–H groups in total. The molecule has 1 saturated carbocycles. The molecule has 0 bridgehead atoms. The molecule has 2 rings (SSSR count). The highest BCUT2D eigenvalue weighted by Crippen LogP contribution is 2.34. The molecule has 14 heavy (non-hydrogen) atoms. The second-order valence-electron chi connectivity index (χ2n) is 4.13. The van der Waals surface area contributed by atoms with E-state index in [2.05, 4.69) is 15.5 Å². The van der Waals surface area contributed by atoms with Crippen LogP contribution in [0.15, 0.2) is 0 Å². The smallest absolute Gasteiger partial charge is 0.274 e. The summed E-state index contributed by atoms with van der Waals surface area (Å²) in [4.78, 5) is 11.7. The van der Waals surface area contributed by atoms with E-state index in [1.54, 1.807) is 6.92 Å². The maximum atomic E-state index is 11.7. The van der Waals surface area contributed by atoms with E-state index in [0.717, 1.165) is 18.5 Å². The van der Waals surface area contributed by atoms with E-state index < -0.39 is 0 Å². The Morgan fingerprint density at radius 2 is 2.29 bits per heavy atom. The van der Waals surface area contributed by atoms with Gasteiger partial charge in [-0.15, -0.1) is 0 Å². The third-order valence-electron chi connectivity index (χ3n) is 2.62. The number of amides is 1. The van der Waals surface area contributed by atoms with Crippen LogP contribution in [0.4, 0.5) is 5.69 Å². The van der Waals surface area contributed by atoms with Crippen LogP contribution in [0.3, 0.4) is 0 Å². The molecule has 0 saturated heterocycles. The Bertz CT molecular complexity index is 378. The molecule has 1 amide bonds. The SMILES string of the molecule is Cc1[nH]nc(C(=O)NC2(C)CC2)c1N. The molecule has 1 heterocycles. The van der Waals surface area contributed by atoms with E-state index >= 15 is 0 Å². The van der Waals surface area contributed by atoms with Crippen molar-refractivity contribution < 1.29 is 4.79 Å². The Kier molecular flexibility index (Phi) is 1.77. The lowest BCUT2D eigenvalue weighted by atomic mass is 10.2. The second kappa shape index (κ2) is 2.73. The highest BCUT2D eigenvalue weighted by atomic mass is 16.2. The van der Waals surface area contributed by atoms with Crippen LogP contribution in [0.2, 0.25) is 0 Å². The number of aromatic amines is 1. The number of aromatic nitrogens is 2. The minimum absolute atomic E-state index is 0.0314. The molecule has 1 aliphatic rings. The first-order valence-electron chi connectivity index (χ1n) is 4.65. The average molecular weight is 194 g/mol. The van der Waals surface area contributed by atoms with Crippen LogP contribution in [0, 0.1) is 6.92 Å². The third kappa shape index (κ3) is 1.45. The van der Waals surface area contributed by atoms with Gasteiger partial charge in [0.25, 0.3) is 5.91 Å². The molecule has 0 aromatic carbocycles. The van der Waals surface area contributed by atoms with E-state index in [9.17, 15) is 4.79 Å². The Labute approximate surface area is 82.1 Å². The van der Waals surface area contributed by atoms with Crippen molar-refractivity contribution in [2.75, 3.05) is 5.73 Å². The lowest BCUT2D eigenvalue weighted by Crippen LogP contribution is -2.34. The predicted octanol–water partition coefficient (Wildman–Crippen LogP) is 0.583. The molecule has 5 nitrogen and oxygen atoms in total. The molecular formula is C9H14N4O. The van der Waals surface area contributed by atoms with Gasteiger partial charge in [-0.3, -0.25) is 9.89 Å². The van der Waals surface area contributed by atoms with Crippen LogP contribution in [0.25, 0.3) is 0 Å². The largest absolute Gasteiger partial charge is 0.395 e. The molecule has 0 radical (unpaired) electrons. The average Bonchev–Trinajstić information content (AvgIpc) is 2.73. The molecule has 1 aromatic rings. The van der Waals surface area contributed by atoms with E-state index in [0.29, 0.717) is 11.4 Å². The molecule has 0 unspecified atom stereocenters. The van der Waals surface area contributed by atoms with Gasteiger partial charge in [-0.2, -0.15) is 5.10 Å². The number of carbonyl (C=O) groups excluding carboxylic acids is 1. The molecular weight excluding hydrogens is 180 g/mol. The second-order valence-corrected chi connectivity index (χ2v) is 4.13. The summed E-state index contributed by atoms with van der Waals surface area (Å²) in [6, 6.07) is 0. The van der Waals surface area contributed by atoms with Gasteiger partial charge in [-0.05, 0) is 26.7 Å². The number of hydrogen-bond donors (Lipinski definition) is 3. The van der Waals surface area contributed by atoms with Crippen molar-refractivity contribution in [3.63, 3.8) is 0 Å². The Morgan fingerprint density at radius 3 is 2.71 bits per heavy atom. The van der Waals surface area contributed by atoms with Gasteiger partial charge in [0.05, 0.1) is 11.4 Å². The lowest BCUT2D eigenvalue weighted by molar-refractivity contribution is 0.0931. The number of nitrogens with one attached hydrogen (secondary N) is 2. The number of H-pyrrole nitrogens is 1. The first kappa shape index (κ1) is 9.05. The van der Waals surface area contributed by atoms with Gasteiger partial charge in [0, 0.05) is 5.54 Å². The van der Waals surface area contributed by atoms with Crippen molar-refractivity contribution in [2.45, 2.75) is 32.2 Å². The summed E-state index contributed by atoms with van der Waals surface area (Å²) in [5, 5.41) is 9.45. The fraction of sp³-hybridized carbons (Fsp3) is 0.556. The van der Waals surface area contributed by atoms with Crippen LogP contribution < -0.4 is 11.1 Å². The van der Waals surface area contributed by atoms with Crippen molar-refractivity contribution in [1.82, 2.24) is 15.5 Å². The number of nitrogen functional groups attached to an aromatic ring is 1. The van der Waals surface area contributed by atoms with E-state index in [-0.39, 0.29) is 11.4 Å². The summed E-state index contributed by atoms with van der Waals surface area (Å²) in [5.41, 5.74) is 7.13. The number of anilines is 1. The molecule has 5 heteroatoms. The Hall–Kier alpha value is -1.52. The summed E-state index contributed by atoms with van der Waals surface area (Å²) < 4.78 is 0. The Morgan fingerprint density at radius 1 is 1.64 bits per heavy atom. The maximum Gasteiger partial charge on any atom is 0.274 e. The zero-order chi connectivity index (χ0) is 10.3. The molecule has 1 aliphatic carbocycles. The van der Waals surface area contributed by atoms with Gasteiger partial charge >= 0.3 is 0 Å². The Balaban J connectivity index is 2.15. The molecule has 0 aliphatic heterocycles. The fourth-order valence-electron chi connectivity index (χ4n) is 1.26. The molecule has 1 fully saturated rings. The summed E-state index contributed by atoms with van der Waals surface area (Å²) in [6.45, 7) is 3.80. The highest BCUT2D eigenvalue weighted by molar-refractivity contribution is 5.98. The van der Waals surface area contributed by atoms with Crippen molar-refractivity contribution in [3.8, 4) is 0 Å². The number of hydrogen-bond acceptors (Lipinski definition) is 3. The summed E-state index contributed by atoms with van der Waals surface area (Å²) in [5.74, 6) is -0.188. The normalized spacial score (nSPS) is 17.9. The molecule has 0 spiro atoms. The van der Waals surface area contributed by atoms with E-state index in [4.69, 9.17) is 5.73 Å². The standard InChI is InChI=1S/C9H14N4O/c1-5-6(10)7(13-12-5)8(14)11-9(2)3-4-9/h3-4,10H2,1-2H3,(H,11,14)(H,12,13). The van der Waals surface area contributed by atoms with Crippen LogP contribution in [-0.4, -0.2) is 21.6 Å². The summed E-state index contributed by atoms with van der Waals surface area (Å²) >= 11 is 0. The van der Waals surface area contributed by atoms with Gasteiger partial charge in [-0.1, -0.05) is 0 Å². The monoisotopic (exact) mass is 194 g/mol. The number of carbonyl (C=O) groups is 1. The minimum atomic E-state index is -0.188. The topological polar surface area (TPSA) is 83.8 Å². The zero-order valence-electron chi connectivity index (χ0n) is 8.35. The summed E-state index contributed by atoms with van der Waals surface area (Å²) in [6.07, 6.45) is 2.06. The van der Waals surface area contributed by atoms with Crippen LogP contribution >= 0.6 is 0 Å². The zero-order valence-corrected chi connectivity index (χ0v) is 8.35. The predicted molar refractivity (Wildman–Crippen MR) is 52.8 cm³/mol. The van der Waals surface area contributed by atoms with Gasteiger partial charge in [0.2, 0.25) is 0 Å². The fourth-order valence-corrected chi connectivity index (χ4v) is 1.26. The van der Waals surface area contributed by atoms with Crippen LogP contribution in [0.1, 0.15) is 35.9 Å². The van der Waals surface area contributed by atoms with Crippen LogP contribution in [0.5, 0.6) is 0 Å². The quantitative estimate of drug-likeness (QED) is 0.644. The number of rotatable bonds is 2. The van der Waals surface area contributed by atoms with Crippen molar-refractivity contribution in [2.24, 2.45) is 0 Å². The lowest BCUT2D eigenvalue weighted by Gasteiger charge is -2.09. The highest BCUT2D eigenvalue weighted by Gasteiger charge is 2.39. The van der Waals surface area contributed by atoms with Crippen molar-refractivity contribution in [3.05, 3.63) is 11.4 Å². The molecule has 76 valence electrons. The van der Waals surface area contributed by atoms with E-state index in [1.807, 2.05) is 6.92 Å². The van der Waals surface area contributed by atoms with Gasteiger partial charge in [0.1, 0.15) is 0 Å².